The molecular weight excluding hydrogens is 431 g/mol. The van der Waals surface area contributed by atoms with E-state index < -0.39 is 29.1 Å². The van der Waals surface area contributed by atoms with E-state index in [2.05, 4.69) is 0 Å². The van der Waals surface area contributed by atoms with Gasteiger partial charge in [0.05, 0.1) is 22.1 Å². The number of fused-ring (bicyclic) bond motifs is 1. The number of carbonyl (C=O) groups is 2. The molecule has 0 amide bonds. The van der Waals surface area contributed by atoms with Crippen molar-refractivity contribution in [3.8, 4) is 0 Å². The lowest BCUT2D eigenvalue weighted by Gasteiger charge is -2.29. The Labute approximate surface area is 183 Å². The first-order valence-electron chi connectivity index (χ1n) is 10.5. The first kappa shape index (κ1) is 21.9. The van der Waals surface area contributed by atoms with Crippen LogP contribution in [0.15, 0.2) is 24.4 Å². The smallest absolute Gasteiger partial charge is 0.417 e. The van der Waals surface area contributed by atoms with Crippen molar-refractivity contribution in [2.45, 2.75) is 63.6 Å². The van der Waals surface area contributed by atoms with Crippen molar-refractivity contribution in [2.75, 3.05) is 0 Å². The van der Waals surface area contributed by atoms with Gasteiger partial charge < -0.3 is 9.67 Å². The molecule has 0 unspecified atom stereocenters. The average molecular weight is 454 g/mol. The first-order valence-corrected chi connectivity index (χ1v) is 10.9. The number of hydrogen-bond acceptors (Lipinski definition) is 2. The zero-order valence-corrected chi connectivity index (χ0v) is 17.6. The van der Waals surface area contributed by atoms with Crippen molar-refractivity contribution >= 4 is 23.4 Å². The Hall–Kier alpha value is -2.28. The summed E-state index contributed by atoms with van der Waals surface area (Å²) in [5.74, 6) is -1.85. The van der Waals surface area contributed by atoms with Crippen molar-refractivity contribution in [3.05, 3.63) is 57.4 Å². The molecule has 1 fully saturated rings. The van der Waals surface area contributed by atoms with Gasteiger partial charge in [-0.2, -0.15) is 13.2 Å². The van der Waals surface area contributed by atoms with E-state index in [4.69, 9.17) is 11.6 Å². The van der Waals surface area contributed by atoms with Crippen LogP contribution in [0.25, 0.3) is 0 Å². The zero-order valence-electron chi connectivity index (χ0n) is 16.8. The molecule has 8 heteroatoms. The van der Waals surface area contributed by atoms with Crippen LogP contribution in [-0.4, -0.2) is 21.4 Å². The molecule has 0 saturated heterocycles. The van der Waals surface area contributed by atoms with Gasteiger partial charge in [0, 0.05) is 23.5 Å². The molecule has 1 saturated carbocycles. The fourth-order valence-corrected chi connectivity index (χ4v) is 5.27. The number of carbonyl (C=O) groups excluding carboxylic acids is 1. The summed E-state index contributed by atoms with van der Waals surface area (Å²) >= 11 is 6.08. The molecule has 166 valence electrons. The van der Waals surface area contributed by atoms with Gasteiger partial charge in [-0.05, 0) is 69.1 Å². The van der Waals surface area contributed by atoms with Crippen molar-refractivity contribution < 1.29 is 27.9 Å². The van der Waals surface area contributed by atoms with Crippen LogP contribution in [0.1, 0.15) is 77.3 Å². The number of aromatic nitrogens is 1. The maximum Gasteiger partial charge on any atom is 0.417 e. The highest BCUT2D eigenvalue weighted by Gasteiger charge is 2.38. The lowest BCUT2D eigenvalue weighted by molar-refractivity contribution is -0.143. The van der Waals surface area contributed by atoms with Crippen LogP contribution in [0.5, 0.6) is 0 Å². The number of halogens is 4. The van der Waals surface area contributed by atoms with Crippen LogP contribution < -0.4 is 0 Å². The first-order chi connectivity index (χ1) is 14.7. The molecule has 2 aromatic rings. The Morgan fingerprint density at radius 3 is 2.39 bits per heavy atom. The largest absolute Gasteiger partial charge is 0.481 e. The van der Waals surface area contributed by atoms with Gasteiger partial charge in [-0.3, -0.25) is 9.59 Å². The Kier molecular flexibility index (Phi) is 5.90. The van der Waals surface area contributed by atoms with Crippen LogP contribution in [-0.2, 0) is 23.8 Å². The quantitative estimate of drug-likeness (QED) is 0.570. The third kappa shape index (κ3) is 4.12. The van der Waals surface area contributed by atoms with Gasteiger partial charge in [-0.15, -0.1) is 0 Å². The molecule has 31 heavy (non-hydrogen) atoms. The molecule has 4 rings (SSSR count). The Morgan fingerprint density at radius 1 is 1.06 bits per heavy atom. The number of carboxylic acids is 1. The fourth-order valence-electron chi connectivity index (χ4n) is 5.01. The van der Waals surface area contributed by atoms with Crippen LogP contribution >= 0.6 is 11.6 Å². The summed E-state index contributed by atoms with van der Waals surface area (Å²) in [4.78, 5) is 24.6. The maximum atomic E-state index is 13.6. The highest BCUT2D eigenvalue weighted by atomic mass is 35.5. The van der Waals surface area contributed by atoms with E-state index in [0.29, 0.717) is 32.1 Å². The minimum absolute atomic E-state index is 0.0531. The number of ketones is 1. The lowest BCUT2D eigenvalue weighted by Crippen LogP contribution is -2.24. The number of rotatable bonds is 4. The average Bonchev–Trinajstić information content (AvgIpc) is 3.12. The summed E-state index contributed by atoms with van der Waals surface area (Å²) in [6.45, 7) is 0. The second-order valence-corrected chi connectivity index (χ2v) is 8.82. The van der Waals surface area contributed by atoms with Crippen molar-refractivity contribution in [1.29, 1.82) is 0 Å². The summed E-state index contributed by atoms with van der Waals surface area (Å²) in [7, 11) is 0. The van der Waals surface area contributed by atoms with Crippen LogP contribution in [0.3, 0.4) is 0 Å². The van der Waals surface area contributed by atoms with Gasteiger partial charge in [0.25, 0.3) is 0 Å². The van der Waals surface area contributed by atoms with Gasteiger partial charge in [-0.25, -0.2) is 0 Å². The summed E-state index contributed by atoms with van der Waals surface area (Å²) in [5, 5.41) is 9.04. The number of nitrogens with zero attached hydrogens (tertiary/aromatic N) is 1. The maximum absolute atomic E-state index is 13.6. The molecule has 1 aromatic heterocycles. The number of hydrogen-bond donors (Lipinski definition) is 1. The molecule has 1 aromatic carbocycles. The lowest BCUT2D eigenvalue weighted by atomic mass is 9.85. The molecule has 1 heterocycles. The van der Waals surface area contributed by atoms with E-state index in [-0.39, 0.29) is 22.5 Å². The number of alkyl halides is 3. The topological polar surface area (TPSA) is 59.3 Å². The van der Waals surface area contributed by atoms with Gasteiger partial charge in [-0.1, -0.05) is 17.7 Å². The summed E-state index contributed by atoms with van der Waals surface area (Å²) < 4.78 is 42.8. The molecule has 0 spiro atoms. The van der Waals surface area contributed by atoms with Gasteiger partial charge in [0.2, 0.25) is 0 Å². The number of carboxylic acid groups (broad SMARTS) is 1. The highest BCUT2D eigenvalue weighted by Crippen LogP contribution is 2.40. The van der Waals surface area contributed by atoms with Crippen molar-refractivity contribution in [3.63, 3.8) is 0 Å². The molecule has 0 radical (unpaired) electrons. The Morgan fingerprint density at radius 2 is 1.74 bits per heavy atom. The van der Waals surface area contributed by atoms with E-state index in [9.17, 15) is 27.9 Å². The molecule has 2 aliphatic rings. The van der Waals surface area contributed by atoms with Crippen LogP contribution in [0.4, 0.5) is 13.2 Å². The van der Waals surface area contributed by atoms with Crippen LogP contribution in [0, 0.1) is 5.92 Å². The fraction of sp³-hybridized carbons (Fsp3) is 0.478. The Bertz CT molecular complexity index is 1020. The van der Waals surface area contributed by atoms with E-state index in [1.165, 1.54) is 12.1 Å². The van der Waals surface area contributed by atoms with E-state index in [1.807, 2.05) is 4.57 Å². The minimum atomic E-state index is -4.69. The molecule has 0 bridgehead atoms. The molecular formula is C23H23ClF3NO3. The summed E-state index contributed by atoms with van der Waals surface area (Å²) in [5.41, 5.74) is 0.563. The summed E-state index contributed by atoms with van der Waals surface area (Å²) in [6.07, 6.45) is 2.68. The predicted octanol–water partition coefficient (Wildman–Crippen LogP) is 6.09. The third-order valence-corrected chi connectivity index (χ3v) is 6.89. The van der Waals surface area contributed by atoms with Gasteiger partial charge in [0.15, 0.2) is 5.78 Å². The second-order valence-electron chi connectivity index (χ2n) is 8.42. The second kappa shape index (κ2) is 8.34. The zero-order chi connectivity index (χ0) is 22.3. The molecule has 0 aliphatic heterocycles. The normalized spacial score (nSPS) is 21.5. The predicted molar refractivity (Wildman–Crippen MR) is 110 cm³/mol. The van der Waals surface area contributed by atoms with Gasteiger partial charge >= 0.3 is 12.1 Å². The number of aliphatic carboxylic acids is 1. The van der Waals surface area contributed by atoms with Gasteiger partial charge in [0.1, 0.15) is 0 Å². The van der Waals surface area contributed by atoms with E-state index in [0.717, 1.165) is 36.6 Å². The monoisotopic (exact) mass is 453 g/mol. The number of benzene rings is 1. The van der Waals surface area contributed by atoms with E-state index >= 15 is 0 Å². The minimum Gasteiger partial charge on any atom is -0.481 e. The standard InChI is InChI=1S/C23H23ClF3NO3/c24-18-6-3-5-17(23(25,26)27)20(18)21(29)16-12-28(19-7-2-1-4-15(16)19)14-10-8-13(9-11-14)22(30)31/h3,5-6,12-14H,1-2,4,7-11H2,(H,30,31). The van der Waals surface area contributed by atoms with Crippen LogP contribution in [0.2, 0.25) is 5.02 Å². The highest BCUT2D eigenvalue weighted by molar-refractivity contribution is 6.35. The molecule has 0 atom stereocenters. The Balaban J connectivity index is 1.74. The van der Waals surface area contributed by atoms with Crippen molar-refractivity contribution in [2.24, 2.45) is 5.92 Å². The molecule has 4 nitrogen and oxygen atoms in total. The molecule has 2 aliphatic carbocycles. The summed E-state index contributed by atoms with van der Waals surface area (Å²) in [6, 6.07) is 3.44. The van der Waals surface area contributed by atoms with Crippen molar-refractivity contribution in [1.82, 2.24) is 4.57 Å². The SMILES string of the molecule is O=C(c1cn(C2CCC(C(=O)O)CC2)c2c1CCCC2)c1c(Cl)cccc1C(F)(F)F. The molecule has 1 N–H and O–H groups in total. The third-order valence-electron chi connectivity index (χ3n) is 6.57. The van der Waals surface area contributed by atoms with E-state index in [1.54, 1.807) is 6.20 Å².